The summed E-state index contributed by atoms with van der Waals surface area (Å²) in [5.74, 6) is -0.517. The van der Waals surface area contributed by atoms with Gasteiger partial charge in [-0.05, 0) is 24.6 Å². The van der Waals surface area contributed by atoms with Crippen molar-refractivity contribution >= 4 is 26.6 Å². The van der Waals surface area contributed by atoms with Gasteiger partial charge in [-0.25, -0.2) is 13.2 Å². The highest BCUT2D eigenvalue weighted by molar-refractivity contribution is 7.91. The number of aryl methyl sites for hydroxylation is 1. The summed E-state index contributed by atoms with van der Waals surface area (Å²) < 4.78 is 29.7. The zero-order chi connectivity index (χ0) is 14.0. The average Bonchev–Trinajstić information content (AvgIpc) is 2.62. The van der Waals surface area contributed by atoms with Gasteiger partial charge in [0.2, 0.25) is 0 Å². The molecule has 0 fully saturated rings. The van der Waals surface area contributed by atoms with Crippen molar-refractivity contribution in [2.75, 3.05) is 17.2 Å². The van der Waals surface area contributed by atoms with E-state index in [2.05, 4.69) is 0 Å². The van der Waals surface area contributed by atoms with Gasteiger partial charge in [0.05, 0.1) is 11.3 Å². The molecular weight excluding hydrogens is 268 g/mol. The number of benzene rings is 1. The minimum atomic E-state index is -3.14. The van der Waals surface area contributed by atoms with E-state index >= 15 is 0 Å². The maximum absolute atomic E-state index is 11.7. The second kappa shape index (κ2) is 5.08. The number of sulfone groups is 1. The first-order valence-corrected chi connectivity index (χ1v) is 7.84. The summed E-state index contributed by atoms with van der Waals surface area (Å²) in [6.45, 7) is 1.88. The summed E-state index contributed by atoms with van der Waals surface area (Å²) in [5, 5.41) is 0. The Hall–Kier alpha value is -1.76. The summed E-state index contributed by atoms with van der Waals surface area (Å²) in [4.78, 5) is 11.7. The Kier molecular flexibility index (Phi) is 3.66. The van der Waals surface area contributed by atoms with E-state index < -0.39 is 15.6 Å². The molecule has 2 aromatic rings. The van der Waals surface area contributed by atoms with Crippen LogP contribution >= 0.6 is 0 Å². The first-order chi connectivity index (χ1) is 8.93. The van der Waals surface area contributed by atoms with E-state index in [1.165, 1.54) is 4.57 Å². The number of hydrogen-bond donors (Lipinski definition) is 1. The molecule has 0 unspecified atom stereocenters. The second-order valence-corrected chi connectivity index (χ2v) is 6.70. The van der Waals surface area contributed by atoms with Crippen LogP contribution in [-0.4, -0.2) is 24.5 Å². The van der Waals surface area contributed by atoms with Gasteiger partial charge >= 0.3 is 5.76 Å². The first-order valence-electron chi connectivity index (χ1n) is 6.02. The van der Waals surface area contributed by atoms with Crippen LogP contribution in [0.15, 0.2) is 27.4 Å². The van der Waals surface area contributed by atoms with E-state index in [-0.39, 0.29) is 18.1 Å². The zero-order valence-electron chi connectivity index (χ0n) is 10.6. The summed E-state index contributed by atoms with van der Waals surface area (Å²) in [7, 11) is -3.14. The van der Waals surface area contributed by atoms with Crippen LogP contribution in [0.3, 0.4) is 0 Å². The Bertz CT molecular complexity index is 743. The van der Waals surface area contributed by atoms with E-state index in [1.807, 2.05) is 0 Å². The monoisotopic (exact) mass is 284 g/mol. The molecule has 2 N–H and O–H groups in total. The fourth-order valence-corrected chi connectivity index (χ4v) is 3.22. The summed E-state index contributed by atoms with van der Waals surface area (Å²) >= 11 is 0. The minimum absolute atomic E-state index is 0.0792. The molecule has 0 spiro atoms. The Morgan fingerprint density at radius 1 is 1.32 bits per heavy atom. The highest BCUT2D eigenvalue weighted by Crippen LogP contribution is 2.16. The molecule has 1 aromatic carbocycles. The van der Waals surface area contributed by atoms with Crippen molar-refractivity contribution in [3.8, 4) is 0 Å². The van der Waals surface area contributed by atoms with E-state index in [9.17, 15) is 13.2 Å². The lowest BCUT2D eigenvalue weighted by Gasteiger charge is -2.04. The lowest BCUT2D eigenvalue weighted by Crippen LogP contribution is -2.21. The molecule has 1 heterocycles. The first kappa shape index (κ1) is 13.7. The van der Waals surface area contributed by atoms with E-state index in [1.54, 1.807) is 25.1 Å². The highest BCUT2D eigenvalue weighted by Gasteiger charge is 2.14. The number of oxazole rings is 1. The second-order valence-electron chi connectivity index (χ2n) is 4.40. The molecular formula is C12H16N2O4S. The van der Waals surface area contributed by atoms with Crippen LogP contribution in [0.1, 0.15) is 13.3 Å². The third-order valence-corrected chi connectivity index (χ3v) is 4.67. The molecule has 7 heteroatoms. The van der Waals surface area contributed by atoms with Crippen molar-refractivity contribution in [3.05, 3.63) is 28.7 Å². The van der Waals surface area contributed by atoms with Crippen LogP contribution in [0.2, 0.25) is 0 Å². The number of rotatable bonds is 5. The topological polar surface area (TPSA) is 95.3 Å². The van der Waals surface area contributed by atoms with Crippen LogP contribution in [0, 0.1) is 0 Å². The molecule has 0 aliphatic heterocycles. The van der Waals surface area contributed by atoms with E-state index in [0.717, 1.165) is 0 Å². The number of fused-ring (bicyclic) bond motifs is 1. The Balaban J connectivity index is 2.33. The molecule has 104 valence electrons. The maximum Gasteiger partial charge on any atom is 0.419 e. The summed E-state index contributed by atoms with van der Waals surface area (Å²) in [6, 6.07) is 4.83. The number of anilines is 1. The molecule has 19 heavy (non-hydrogen) atoms. The van der Waals surface area contributed by atoms with Gasteiger partial charge in [0.15, 0.2) is 15.4 Å². The van der Waals surface area contributed by atoms with Crippen LogP contribution in [0.25, 0.3) is 11.1 Å². The van der Waals surface area contributed by atoms with Crippen LogP contribution in [0.4, 0.5) is 5.69 Å². The van der Waals surface area contributed by atoms with Gasteiger partial charge in [0.25, 0.3) is 0 Å². The normalized spacial score (nSPS) is 12.1. The van der Waals surface area contributed by atoms with Crippen molar-refractivity contribution < 1.29 is 12.8 Å². The number of aromatic nitrogens is 1. The van der Waals surface area contributed by atoms with Gasteiger partial charge in [-0.15, -0.1) is 0 Å². The molecule has 0 aliphatic carbocycles. The number of nitrogen functional groups attached to an aromatic ring is 1. The fourth-order valence-electron chi connectivity index (χ4n) is 1.93. The van der Waals surface area contributed by atoms with Crippen LogP contribution < -0.4 is 11.5 Å². The summed E-state index contributed by atoms with van der Waals surface area (Å²) in [6.07, 6.45) is 0.566. The molecule has 0 radical (unpaired) electrons. The molecule has 0 bridgehead atoms. The Labute approximate surface area is 110 Å². The predicted octanol–water partition coefficient (Wildman–Crippen LogP) is 1.00. The number of nitrogens with two attached hydrogens (primary N) is 1. The largest absolute Gasteiger partial charge is 0.419 e. The molecule has 0 amide bonds. The van der Waals surface area contributed by atoms with Gasteiger partial charge < -0.3 is 10.2 Å². The van der Waals surface area contributed by atoms with Crippen molar-refractivity contribution in [1.29, 1.82) is 0 Å². The zero-order valence-corrected chi connectivity index (χ0v) is 11.4. The molecule has 6 nitrogen and oxygen atoms in total. The van der Waals surface area contributed by atoms with Crippen molar-refractivity contribution in [2.24, 2.45) is 0 Å². The van der Waals surface area contributed by atoms with Gasteiger partial charge in [0.1, 0.15) is 0 Å². The molecule has 2 rings (SSSR count). The Morgan fingerprint density at radius 3 is 2.74 bits per heavy atom. The smallest absolute Gasteiger partial charge is 0.408 e. The van der Waals surface area contributed by atoms with Crippen LogP contribution in [0.5, 0.6) is 0 Å². The SMILES string of the molecule is CCCS(=O)(=O)CCn1c(=O)oc2ccc(N)cc21. The molecule has 1 aromatic heterocycles. The lowest BCUT2D eigenvalue weighted by molar-refractivity contribution is 0.511. The predicted molar refractivity (Wildman–Crippen MR) is 73.8 cm³/mol. The molecule has 0 aliphatic rings. The molecule has 0 saturated carbocycles. The average molecular weight is 284 g/mol. The lowest BCUT2D eigenvalue weighted by atomic mass is 10.3. The van der Waals surface area contributed by atoms with E-state index in [4.69, 9.17) is 10.2 Å². The highest BCUT2D eigenvalue weighted by atomic mass is 32.2. The van der Waals surface area contributed by atoms with E-state index in [0.29, 0.717) is 23.2 Å². The maximum atomic E-state index is 11.7. The van der Waals surface area contributed by atoms with Gasteiger partial charge in [-0.2, -0.15) is 0 Å². The molecule has 0 atom stereocenters. The Morgan fingerprint density at radius 2 is 2.05 bits per heavy atom. The quantitative estimate of drug-likeness (QED) is 0.826. The van der Waals surface area contributed by atoms with Crippen molar-refractivity contribution in [1.82, 2.24) is 4.57 Å². The van der Waals surface area contributed by atoms with Crippen molar-refractivity contribution in [3.63, 3.8) is 0 Å². The standard InChI is InChI=1S/C12H16N2O4S/c1-2-6-19(16,17)7-5-14-10-8-9(13)3-4-11(10)18-12(14)15/h3-4,8H,2,5-7,13H2,1H3. The number of nitrogens with zero attached hydrogens (tertiary/aromatic N) is 1. The molecule has 0 saturated heterocycles. The fraction of sp³-hybridized carbons (Fsp3) is 0.417. The van der Waals surface area contributed by atoms with Crippen molar-refractivity contribution in [2.45, 2.75) is 19.9 Å². The third kappa shape index (κ3) is 2.98. The van der Waals surface area contributed by atoms with Gasteiger partial charge in [0, 0.05) is 18.0 Å². The van der Waals surface area contributed by atoms with Gasteiger partial charge in [-0.3, -0.25) is 4.57 Å². The van der Waals surface area contributed by atoms with Crippen LogP contribution in [-0.2, 0) is 16.4 Å². The van der Waals surface area contributed by atoms with Gasteiger partial charge in [-0.1, -0.05) is 6.92 Å². The minimum Gasteiger partial charge on any atom is -0.408 e. The number of hydrogen-bond acceptors (Lipinski definition) is 5. The third-order valence-electron chi connectivity index (χ3n) is 2.83. The summed E-state index contributed by atoms with van der Waals surface area (Å²) in [5.41, 5.74) is 7.09.